The van der Waals surface area contributed by atoms with E-state index in [1.165, 1.54) is 5.56 Å². The summed E-state index contributed by atoms with van der Waals surface area (Å²) in [6, 6.07) is 9.78. The molecule has 1 atom stereocenters. The topological polar surface area (TPSA) is 59.0 Å². The summed E-state index contributed by atoms with van der Waals surface area (Å²) >= 11 is 0. The molecule has 1 aromatic carbocycles. The van der Waals surface area contributed by atoms with Crippen LogP contribution in [0.15, 0.2) is 36.4 Å². The summed E-state index contributed by atoms with van der Waals surface area (Å²) in [4.78, 5) is 0. The monoisotopic (exact) mass is 248 g/mol. The van der Waals surface area contributed by atoms with E-state index in [1.54, 1.807) is 13.0 Å². The summed E-state index contributed by atoms with van der Waals surface area (Å²) in [7, 11) is 0. The van der Waals surface area contributed by atoms with Gasteiger partial charge < -0.3 is 10.5 Å². The molecule has 3 nitrogen and oxygen atoms in total. The molecule has 1 aromatic rings. The Bertz CT molecular complexity index is 448. The minimum absolute atomic E-state index is 0.442. The first-order chi connectivity index (χ1) is 8.55. The lowest BCUT2D eigenvalue weighted by molar-refractivity contribution is 0.328. The minimum Gasteiger partial charge on any atom is -0.489 e. The number of hydrogen-bond acceptors (Lipinski definition) is 3. The Hall–Kier alpha value is -1.86. The Morgan fingerprint density at radius 3 is 2.78 bits per heavy atom. The smallest absolute Gasteiger partial charge is 0.154 e. The molecule has 0 radical (unpaired) electrons. The van der Waals surface area contributed by atoms with Gasteiger partial charge in [0.15, 0.2) is 5.54 Å². The third kappa shape index (κ3) is 3.31. The summed E-state index contributed by atoms with van der Waals surface area (Å²) in [6.07, 6.45) is 0.536. The van der Waals surface area contributed by atoms with Gasteiger partial charge in [-0.25, -0.2) is 4.39 Å². The Morgan fingerprint density at radius 1 is 1.67 bits per heavy atom. The second-order valence-electron chi connectivity index (χ2n) is 4.11. The van der Waals surface area contributed by atoms with Gasteiger partial charge in [0.05, 0.1) is 6.07 Å². The predicted octanol–water partition coefficient (Wildman–Crippen LogP) is 2.72. The molecule has 0 aliphatic carbocycles. The summed E-state index contributed by atoms with van der Waals surface area (Å²) in [5.41, 5.74) is 5.57. The maximum Gasteiger partial charge on any atom is 0.154 e. The molecule has 1 aliphatic rings. The molecule has 1 unspecified atom stereocenters. The molecule has 1 heterocycles. The lowest BCUT2D eigenvalue weighted by Crippen LogP contribution is -2.42. The largest absolute Gasteiger partial charge is 0.489 e. The van der Waals surface area contributed by atoms with Gasteiger partial charge in [0.2, 0.25) is 0 Å². The second kappa shape index (κ2) is 6.18. The van der Waals surface area contributed by atoms with E-state index in [2.05, 4.69) is 18.7 Å². The van der Waals surface area contributed by atoms with Gasteiger partial charge in [0.25, 0.3) is 0 Å². The summed E-state index contributed by atoms with van der Waals surface area (Å²) in [5.74, 6) is 1.00. The molecule has 0 saturated carbocycles. The normalized spacial score (nSPS) is 14.6. The molecule has 0 aromatic heterocycles. The SMILES string of the molecule is C=C(CC)C(N)(C#N)CF.c1cc2cc(c1)OC2. The van der Waals surface area contributed by atoms with Gasteiger partial charge in [-0.3, -0.25) is 0 Å². The van der Waals surface area contributed by atoms with Crippen molar-refractivity contribution in [2.45, 2.75) is 25.5 Å². The van der Waals surface area contributed by atoms with Crippen LogP contribution in [0.2, 0.25) is 0 Å². The molecule has 2 rings (SSSR count). The molecule has 2 bridgehead atoms. The van der Waals surface area contributed by atoms with E-state index in [0.29, 0.717) is 12.0 Å². The van der Waals surface area contributed by atoms with Crippen molar-refractivity contribution >= 4 is 0 Å². The molecule has 4 heteroatoms. The molecule has 0 spiro atoms. The average molecular weight is 248 g/mol. The zero-order valence-electron chi connectivity index (χ0n) is 10.4. The van der Waals surface area contributed by atoms with Crippen molar-refractivity contribution in [1.82, 2.24) is 0 Å². The van der Waals surface area contributed by atoms with Crippen LogP contribution in [0.3, 0.4) is 0 Å². The number of halogens is 1. The summed E-state index contributed by atoms with van der Waals surface area (Å²) in [5, 5.41) is 8.41. The maximum absolute atomic E-state index is 12.1. The van der Waals surface area contributed by atoms with Crippen LogP contribution in [0.25, 0.3) is 0 Å². The fourth-order valence-electron chi connectivity index (χ4n) is 1.41. The van der Waals surface area contributed by atoms with Crippen LogP contribution in [0.5, 0.6) is 5.75 Å². The number of rotatable bonds is 3. The van der Waals surface area contributed by atoms with Crippen molar-refractivity contribution in [2.75, 3.05) is 6.67 Å². The van der Waals surface area contributed by atoms with Crippen LogP contribution >= 0.6 is 0 Å². The van der Waals surface area contributed by atoms with Crippen molar-refractivity contribution in [3.8, 4) is 11.8 Å². The van der Waals surface area contributed by atoms with Crippen LogP contribution in [-0.2, 0) is 6.61 Å². The molecular formula is C14H17FN2O. The zero-order valence-corrected chi connectivity index (χ0v) is 10.4. The van der Waals surface area contributed by atoms with Gasteiger partial charge in [-0.15, -0.1) is 0 Å². The van der Waals surface area contributed by atoms with Gasteiger partial charge in [0, 0.05) is 0 Å². The van der Waals surface area contributed by atoms with E-state index in [9.17, 15) is 4.39 Å². The number of benzene rings is 1. The third-order valence-corrected chi connectivity index (χ3v) is 2.77. The molecule has 96 valence electrons. The quantitative estimate of drug-likeness (QED) is 0.837. The Kier molecular flexibility index (Phi) is 4.87. The Balaban J connectivity index is 0.000000182. The van der Waals surface area contributed by atoms with Crippen molar-refractivity contribution < 1.29 is 9.13 Å². The highest BCUT2D eigenvalue weighted by Gasteiger charge is 2.26. The molecule has 18 heavy (non-hydrogen) atoms. The van der Waals surface area contributed by atoms with Crippen molar-refractivity contribution in [3.05, 3.63) is 42.0 Å². The lowest BCUT2D eigenvalue weighted by atomic mass is 9.93. The highest BCUT2D eigenvalue weighted by atomic mass is 19.1. The van der Waals surface area contributed by atoms with Crippen LogP contribution in [0, 0.1) is 11.3 Å². The van der Waals surface area contributed by atoms with Crippen LogP contribution in [-0.4, -0.2) is 12.2 Å². The molecule has 2 N–H and O–H groups in total. The zero-order chi connectivity index (χ0) is 13.6. The molecule has 0 amide bonds. The minimum atomic E-state index is -1.46. The van der Waals surface area contributed by atoms with E-state index in [0.717, 1.165) is 12.4 Å². The van der Waals surface area contributed by atoms with Crippen molar-refractivity contribution in [2.24, 2.45) is 5.73 Å². The van der Waals surface area contributed by atoms with Crippen LogP contribution in [0.1, 0.15) is 18.9 Å². The van der Waals surface area contributed by atoms with E-state index < -0.39 is 12.2 Å². The van der Waals surface area contributed by atoms with Crippen molar-refractivity contribution in [1.29, 1.82) is 5.26 Å². The number of hydrogen-bond donors (Lipinski definition) is 1. The van der Waals surface area contributed by atoms with Gasteiger partial charge in [0.1, 0.15) is 19.0 Å². The number of nitriles is 1. The van der Waals surface area contributed by atoms with Crippen molar-refractivity contribution in [3.63, 3.8) is 0 Å². The summed E-state index contributed by atoms with van der Waals surface area (Å²) in [6.45, 7) is 5.19. The van der Waals surface area contributed by atoms with Crippen LogP contribution < -0.4 is 10.5 Å². The van der Waals surface area contributed by atoms with Gasteiger partial charge in [-0.2, -0.15) is 5.26 Å². The Labute approximate surface area is 107 Å². The standard InChI is InChI=1S/C7H11FN2.C7H6O/c1-3-6(2)7(10,4-8)5-9;1-2-6-4-7(3-1)8-5-6/h2-4,10H2,1H3;1-4H,5H2. The molecular weight excluding hydrogens is 231 g/mol. The van der Waals surface area contributed by atoms with Gasteiger partial charge in [-0.1, -0.05) is 25.6 Å². The molecule has 0 saturated heterocycles. The molecule has 0 fully saturated rings. The van der Waals surface area contributed by atoms with E-state index in [-0.39, 0.29) is 0 Å². The maximum atomic E-state index is 12.1. The van der Waals surface area contributed by atoms with Gasteiger partial charge >= 0.3 is 0 Å². The van der Waals surface area contributed by atoms with E-state index >= 15 is 0 Å². The Morgan fingerprint density at radius 2 is 2.39 bits per heavy atom. The first-order valence-electron chi connectivity index (χ1n) is 5.72. The number of ether oxygens (including phenoxy) is 1. The second-order valence-corrected chi connectivity index (χ2v) is 4.11. The average Bonchev–Trinajstić information content (AvgIpc) is 2.76. The number of nitrogens with zero attached hydrogens (tertiary/aromatic N) is 1. The highest BCUT2D eigenvalue weighted by molar-refractivity contribution is 5.32. The van der Waals surface area contributed by atoms with E-state index in [1.807, 2.05) is 12.1 Å². The number of alkyl halides is 1. The van der Waals surface area contributed by atoms with Gasteiger partial charge in [-0.05, 0) is 29.7 Å². The first kappa shape index (κ1) is 14.2. The fourth-order valence-corrected chi connectivity index (χ4v) is 1.41. The predicted molar refractivity (Wildman–Crippen MR) is 68.7 cm³/mol. The summed E-state index contributed by atoms with van der Waals surface area (Å²) < 4.78 is 17.3. The lowest BCUT2D eigenvalue weighted by Gasteiger charge is -2.18. The highest BCUT2D eigenvalue weighted by Crippen LogP contribution is 2.20. The van der Waals surface area contributed by atoms with Crippen LogP contribution in [0.4, 0.5) is 4.39 Å². The van der Waals surface area contributed by atoms with E-state index in [4.69, 9.17) is 15.7 Å². The molecule has 1 aliphatic heterocycles. The number of fused-ring (bicyclic) bond motifs is 2. The number of nitrogens with two attached hydrogens (primary N) is 1. The fraction of sp³-hybridized carbons (Fsp3) is 0.357. The third-order valence-electron chi connectivity index (χ3n) is 2.77. The first-order valence-corrected chi connectivity index (χ1v) is 5.72.